The Hall–Kier alpha value is -2.86. The van der Waals surface area contributed by atoms with Crippen LogP contribution in [0, 0.1) is 0 Å². The average molecular weight is 350 g/mol. The zero-order chi connectivity index (χ0) is 18.1. The SMILES string of the molecule is COc1ccc(-c2nc3ccc(N4CCN(C)CC4)cc3c(=O)[nH]2)cc1. The molecule has 3 aromatic rings. The maximum Gasteiger partial charge on any atom is 0.259 e. The molecule has 0 bridgehead atoms. The third-order valence-electron chi connectivity index (χ3n) is 4.92. The summed E-state index contributed by atoms with van der Waals surface area (Å²) >= 11 is 0. The Labute approximate surface area is 152 Å². The van der Waals surface area contributed by atoms with Gasteiger partial charge in [-0.2, -0.15) is 0 Å². The molecule has 0 amide bonds. The molecule has 0 saturated carbocycles. The summed E-state index contributed by atoms with van der Waals surface area (Å²) in [4.78, 5) is 24.8. The minimum Gasteiger partial charge on any atom is -0.497 e. The number of nitrogens with zero attached hydrogens (tertiary/aromatic N) is 3. The number of hydrogen-bond donors (Lipinski definition) is 1. The van der Waals surface area contributed by atoms with E-state index in [9.17, 15) is 4.79 Å². The van der Waals surface area contributed by atoms with Gasteiger partial charge in [-0.1, -0.05) is 0 Å². The van der Waals surface area contributed by atoms with Crippen molar-refractivity contribution >= 4 is 16.6 Å². The van der Waals surface area contributed by atoms with Crippen LogP contribution in [0.25, 0.3) is 22.3 Å². The Bertz CT molecular complexity index is 973. The summed E-state index contributed by atoms with van der Waals surface area (Å²) in [5.41, 5.74) is 2.53. The minimum atomic E-state index is -0.114. The molecule has 0 radical (unpaired) electrons. The van der Waals surface area contributed by atoms with Gasteiger partial charge >= 0.3 is 0 Å². The van der Waals surface area contributed by atoms with Crippen molar-refractivity contribution in [2.24, 2.45) is 0 Å². The predicted molar refractivity (Wildman–Crippen MR) is 104 cm³/mol. The van der Waals surface area contributed by atoms with Crippen LogP contribution in [0.5, 0.6) is 5.75 Å². The van der Waals surface area contributed by atoms with E-state index in [1.807, 2.05) is 36.4 Å². The van der Waals surface area contributed by atoms with Crippen LogP contribution in [-0.2, 0) is 0 Å². The van der Waals surface area contributed by atoms with Crippen molar-refractivity contribution in [2.75, 3.05) is 45.2 Å². The molecular weight excluding hydrogens is 328 g/mol. The quantitative estimate of drug-likeness (QED) is 0.786. The number of ether oxygens (including phenoxy) is 1. The van der Waals surface area contributed by atoms with Crippen molar-refractivity contribution < 1.29 is 4.74 Å². The summed E-state index contributed by atoms with van der Waals surface area (Å²) in [7, 11) is 3.76. The number of hydrogen-bond acceptors (Lipinski definition) is 5. The first-order valence-electron chi connectivity index (χ1n) is 8.76. The molecule has 2 heterocycles. The van der Waals surface area contributed by atoms with E-state index in [1.54, 1.807) is 7.11 Å². The highest BCUT2D eigenvalue weighted by atomic mass is 16.5. The highest BCUT2D eigenvalue weighted by Crippen LogP contribution is 2.23. The molecule has 0 atom stereocenters. The predicted octanol–water partition coefficient (Wildman–Crippen LogP) is 2.35. The van der Waals surface area contributed by atoms with Crippen LogP contribution in [0.15, 0.2) is 47.3 Å². The van der Waals surface area contributed by atoms with Crippen molar-refractivity contribution in [3.05, 3.63) is 52.8 Å². The van der Waals surface area contributed by atoms with Crippen molar-refractivity contribution in [1.29, 1.82) is 0 Å². The first-order chi connectivity index (χ1) is 12.6. The fourth-order valence-electron chi connectivity index (χ4n) is 3.27. The Morgan fingerprint density at radius 3 is 2.46 bits per heavy atom. The number of nitrogens with one attached hydrogen (secondary N) is 1. The lowest BCUT2D eigenvalue weighted by molar-refractivity contribution is 0.313. The zero-order valence-electron chi connectivity index (χ0n) is 15.0. The summed E-state index contributed by atoms with van der Waals surface area (Å²) in [5.74, 6) is 1.34. The molecule has 26 heavy (non-hydrogen) atoms. The molecule has 0 spiro atoms. The maximum atomic E-state index is 12.6. The van der Waals surface area contributed by atoms with E-state index < -0.39 is 0 Å². The Morgan fingerprint density at radius 1 is 1.04 bits per heavy atom. The van der Waals surface area contributed by atoms with E-state index >= 15 is 0 Å². The van der Waals surface area contributed by atoms with E-state index in [-0.39, 0.29) is 5.56 Å². The topological polar surface area (TPSA) is 61.5 Å². The highest BCUT2D eigenvalue weighted by molar-refractivity contribution is 5.83. The minimum absolute atomic E-state index is 0.114. The van der Waals surface area contributed by atoms with Crippen molar-refractivity contribution in [2.45, 2.75) is 0 Å². The standard InChI is InChI=1S/C20H22N4O2/c1-23-9-11-24(12-10-23)15-5-8-18-17(13-15)20(25)22-19(21-18)14-3-6-16(26-2)7-4-14/h3-8,13H,9-12H2,1-2H3,(H,21,22,25). The third kappa shape index (κ3) is 3.15. The fraction of sp³-hybridized carbons (Fsp3) is 0.300. The normalized spacial score (nSPS) is 15.4. The van der Waals surface area contributed by atoms with E-state index in [0.717, 1.165) is 43.2 Å². The van der Waals surface area contributed by atoms with Crippen molar-refractivity contribution in [1.82, 2.24) is 14.9 Å². The molecule has 134 valence electrons. The van der Waals surface area contributed by atoms with Crippen LogP contribution >= 0.6 is 0 Å². The Kier molecular flexibility index (Phi) is 4.34. The molecule has 0 unspecified atom stereocenters. The van der Waals surface area contributed by atoms with Crippen LogP contribution in [0.1, 0.15) is 0 Å². The van der Waals surface area contributed by atoms with Gasteiger partial charge < -0.3 is 19.5 Å². The Morgan fingerprint density at radius 2 is 1.77 bits per heavy atom. The van der Waals surface area contributed by atoms with E-state index in [0.29, 0.717) is 16.7 Å². The molecule has 1 N–H and O–H groups in total. The van der Waals surface area contributed by atoms with Crippen LogP contribution in [0.3, 0.4) is 0 Å². The zero-order valence-corrected chi connectivity index (χ0v) is 15.0. The van der Waals surface area contributed by atoms with E-state index in [1.165, 1.54) is 0 Å². The lowest BCUT2D eigenvalue weighted by atomic mass is 10.1. The lowest BCUT2D eigenvalue weighted by Crippen LogP contribution is -2.44. The number of fused-ring (bicyclic) bond motifs is 1. The average Bonchev–Trinajstić information content (AvgIpc) is 2.68. The van der Waals surface area contributed by atoms with Crippen molar-refractivity contribution in [3.63, 3.8) is 0 Å². The molecule has 1 aliphatic heterocycles. The Balaban J connectivity index is 1.69. The van der Waals surface area contributed by atoms with Gasteiger partial charge in [-0.05, 0) is 49.5 Å². The largest absolute Gasteiger partial charge is 0.497 e. The summed E-state index contributed by atoms with van der Waals surface area (Å²) in [6.07, 6.45) is 0. The molecule has 0 aliphatic carbocycles. The number of aromatic amines is 1. The van der Waals surface area contributed by atoms with Crippen LogP contribution in [0.4, 0.5) is 5.69 Å². The van der Waals surface area contributed by atoms with Gasteiger partial charge in [-0.25, -0.2) is 4.98 Å². The van der Waals surface area contributed by atoms with Gasteiger partial charge in [0.2, 0.25) is 0 Å². The van der Waals surface area contributed by atoms with Gasteiger partial charge in [0.25, 0.3) is 5.56 Å². The van der Waals surface area contributed by atoms with Gasteiger partial charge in [0.1, 0.15) is 11.6 Å². The first-order valence-corrected chi connectivity index (χ1v) is 8.76. The second-order valence-electron chi connectivity index (χ2n) is 6.63. The second-order valence-corrected chi connectivity index (χ2v) is 6.63. The number of piperazine rings is 1. The summed E-state index contributed by atoms with van der Waals surface area (Å²) in [6, 6.07) is 13.4. The smallest absolute Gasteiger partial charge is 0.259 e. The lowest BCUT2D eigenvalue weighted by Gasteiger charge is -2.34. The summed E-state index contributed by atoms with van der Waals surface area (Å²) < 4.78 is 5.18. The van der Waals surface area contributed by atoms with Gasteiger partial charge in [0.15, 0.2) is 0 Å². The molecule has 1 fully saturated rings. The number of rotatable bonds is 3. The second kappa shape index (κ2) is 6.80. The molecule has 2 aromatic carbocycles. The monoisotopic (exact) mass is 350 g/mol. The van der Waals surface area contributed by atoms with Gasteiger partial charge in [-0.15, -0.1) is 0 Å². The van der Waals surface area contributed by atoms with Gasteiger partial charge in [0, 0.05) is 37.4 Å². The number of H-pyrrole nitrogens is 1. The number of aromatic nitrogens is 2. The first kappa shape index (κ1) is 16.6. The number of likely N-dealkylation sites (N-methyl/N-ethyl adjacent to an activating group) is 1. The van der Waals surface area contributed by atoms with Crippen LogP contribution in [-0.4, -0.2) is 55.2 Å². The fourth-order valence-corrected chi connectivity index (χ4v) is 3.27. The molecular formula is C20H22N4O2. The van der Waals surface area contributed by atoms with E-state index in [2.05, 4.69) is 32.9 Å². The summed E-state index contributed by atoms with van der Waals surface area (Å²) in [5, 5.41) is 0.624. The van der Waals surface area contributed by atoms with Crippen LogP contribution in [0.2, 0.25) is 0 Å². The van der Waals surface area contributed by atoms with Gasteiger partial charge in [0.05, 0.1) is 18.0 Å². The summed E-state index contributed by atoms with van der Waals surface area (Å²) in [6.45, 7) is 4.00. The molecule has 1 aliphatic rings. The molecule has 4 rings (SSSR count). The number of methoxy groups -OCH3 is 1. The van der Waals surface area contributed by atoms with Crippen molar-refractivity contribution in [3.8, 4) is 17.1 Å². The molecule has 6 nitrogen and oxygen atoms in total. The number of benzene rings is 2. The third-order valence-corrected chi connectivity index (χ3v) is 4.92. The van der Waals surface area contributed by atoms with E-state index in [4.69, 9.17) is 4.74 Å². The van der Waals surface area contributed by atoms with Crippen LogP contribution < -0.4 is 15.2 Å². The number of anilines is 1. The molecule has 1 saturated heterocycles. The molecule has 1 aromatic heterocycles. The highest BCUT2D eigenvalue weighted by Gasteiger charge is 2.15. The molecule has 6 heteroatoms. The van der Waals surface area contributed by atoms with Gasteiger partial charge in [-0.3, -0.25) is 4.79 Å². The maximum absolute atomic E-state index is 12.6.